The van der Waals surface area contributed by atoms with E-state index in [1.807, 2.05) is 18.2 Å². The summed E-state index contributed by atoms with van der Waals surface area (Å²) in [5, 5.41) is 1.54. The summed E-state index contributed by atoms with van der Waals surface area (Å²) >= 11 is 6.50. The van der Waals surface area contributed by atoms with E-state index in [9.17, 15) is 4.79 Å². The number of benzene rings is 1. The molecular formula is C20H17ClN2O3. The van der Waals surface area contributed by atoms with Crippen LogP contribution in [0.15, 0.2) is 39.8 Å². The van der Waals surface area contributed by atoms with Gasteiger partial charge in [-0.3, -0.25) is 9.88 Å². The van der Waals surface area contributed by atoms with Crippen LogP contribution in [-0.4, -0.2) is 16.6 Å². The number of halogens is 1. The minimum absolute atomic E-state index is 0.222. The minimum Gasteiger partial charge on any atom is -0.476 e. The van der Waals surface area contributed by atoms with Gasteiger partial charge >= 0.3 is 5.63 Å². The summed E-state index contributed by atoms with van der Waals surface area (Å²) in [6.45, 7) is 1.79. The Kier molecular flexibility index (Phi) is 3.72. The van der Waals surface area contributed by atoms with Crippen LogP contribution in [0.2, 0.25) is 5.02 Å². The summed E-state index contributed by atoms with van der Waals surface area (Å²) in [6.07, 6.45) is 6.23. The SMILES string of the molecule is O=c1oc2c3c(c(Cl)cc2c2c1CCC2)OCN(Cc1ccncc1)C3. The van der Waals surface area contributed by atoms with Crippen molar-refractivity contribution in [3.05, 3.63) is 68.3 Å². The predicted molar refractivity (Wildman–Crippen MR) is 98.5 cm³/mol. The van der Waals surface area contributed by atoms with Gasteiger partial charge in [-0.2, -0.15) is 0 Å². The molecule has 2 aliphatic rings. The lowest BCUT2D eigenvalue weighted by Gasteiger charge is -2.30. The topological polar surface area (TPSA) is 55.6 Å². The first-order valence-corrected chi connectivity index (χ1v) is 9.12. The molecule has 0 spiro atoms. The number of pyridine rings is 1. The molecule has 0 fully saturated rings. The quantitative estimate of drug-likeness (QED) is 0.646. The molecule has 3 heterocycles. The summed E-state index contributed by atoms with van der Waals surface area (Å²) in [5.41, 5.74) is 4.31. The molecule has 5 rings (SSSR count). The van der Waals surface area contributed by atoms with Crippen molar-refractivity contribution in [3.8, 4) is 5.75 Å². The van der Waals surface area contributed by atoms with Gasteiger partial charge in [-0.1, -0.05) is 11.6 Å². The number of aryl methyl sites for hydroxylation is 1. The molecule has 0 saturated heterocycles. The van der Waals surface area contributed by atoms with E-state index in [1.165, 1.54) is 0 Å². The average Bonchev–Trinajstić information content (AvgIpc) is 3.15. The van der Waals surface area contributed by atoms with Gasteiger partial charge in [0.15, 0.2) is 0 Å². The fraction of sp³-hybridized carbons (Fsp3) is 0.300. The van der Waals surface area contributed by atoms with Gasteiger partial charge in [-0.05, 0) is 48.6 Å². The molecule has 0 saturated carbocycles. The summed E-state index contributed by atoms with van der Waals surface area (Å²) in [5.74, 6) is 0.631. The van der Waals surface area contributed by atoms with Crippen LogP contribution in [0.5, 0.6) is 5.75 Å². The van der Waals surface area contributed by atoms with E-state index in [2.05, 4.69) is 9.88 Å². The van der Waals surface area contributed by atoms with Crippen molar-refractivity contribution in [1.29, 1.82) is 0 Å². The van der Waals surface area contributed by atoms with Gasteiger partial charge in [0, 0.05) is 36.4 Å². The van der Waals surface area contributed by atoms with Gasteiger partial charge in [0.2, 0.25) is 0 Å². The molecule has 0 unspecified atom stereocenters. The monoisotopic (exact) mass is 368 g/mol. The van der Waals surface area contributed by atoms with Gasteiger partial charge in [-0.15, -0.1) is 0 Å². The van der Waals surface area contributed by atoms with Crippen molar-refractivity contribution < 1.29 is 9.15 Å². The molecule has 1 aromatic carbocycles. The van der Waals surface area contributed by atoms with Crippen LogP contribution in [0, 0.1) is 0 Å². The first kappa shape index (κ1) is 15.9. The number of rotatable bonds is 2. The molecule has 0 atom stereocenters. The first-order chi connectivity index (χ1) is 12.7. The van der Waals surface area contributed by atoms with E-state index >= 15 is 0 Å². The number of nitrogens with zero attached hydrogens (tertiary/aromatic N) is 2. The van der Waals surface area contributed by atoms with E-state index in [-0.39, 0.29) is 5.63 Å². The summed E-state index contributed by atoms with van der Waals surface area (Å²) in [4.78, 5) is 18.6. The van der Waals surface area contributed by atoms with Crippen molar-refractivity contribution in [2.45, 2.75) is 32.4 Å². The van der Waals surface area contributed by atoms with Crippen LogP contribution >= 0.6 is 11.6 Å². The zero-order chi connectivity index (χ0) is 17.7. The van der Waals surface area contributed by atoms with Crippen LogP contribution in [0.25, 0.3) is 11.0 Å². The van der Waals surface area contributed by atoms with Crippen LogP contribution < -0.4 is 10.4 Å². The third kappa shape index (κ3) is 2.50. The van der Waals surface area contributed by atoms with E-state index in [4.69, 9.17) is 20.8 Å². The smallest absolute Gasteiger partial charge is 0.339 e. The van der Waals surface area contributed by atoms with Gasteiger partial charge in [0.1, 0.15) is 18.1 Å². The third-order valence-electron chi connectivity index (χ3n) is 5.19. The highest BCUT2D eigenvalue weighted by atomic mass is 35.5. The molecule has 0 N–H and O–H groups in total. The fourth-order valence-corrected chi connectivity index (χ4v) is 4.28. The Labute approximate surface area is 155 Å². The van der Waals surface area contributed by atoms with E-state index in [0.717, 1.165) is 53.4 Å². The Hall–Kier alpha value is -2.37. The Morgan fingerprint density at radius 3 is 2.81 bits per heavy atom. The zero-order valence-electron chi connectivity index (χ0n) is 14.1. The second kappa shape index (κ2) is 6.11. The highest BCUT2D eigenvalue weighted by molar-refractivity contribution is 6.33. The van der Waals surface area contributed by atoms with Gasteiger partial charge in [0.25, 0.3) is 0 Å². The molecule has 0 radical (unpaired) electrons. The molecular weight excluding hydrogens is 352 g/mol. The zero-order valence-corrected chi connectivity index (χ0v) is 14.9. The lowest BCUT2D eigenvalue weighted by Crippen LogP contribution is -2.32. The van der Waals surface area contributed by atoms with Crippen LogP contribution in [-0.2, 0) is 25.9 Å². The van der Waals surface area contributed by atoms with Crippen molar-refractivity contribution in [2.24, 2.45) is 0 Å². The summed E-state index contributed by atoms with van der Waals surface area (Å²) in [6, 6.07) is 5.86. The van der Waals surface area contributed by atoms with E-state index in [1.54, 1.807) is 12.4 Å². The fourth-order valence-electron chi connectivity index (χ4n) is 4.00. The largest absolute Gasteiger partial charge is 0.476 e. The Morgan fingerprint density at radius 2 is 1.96 bits per heavy atom. The number of ether oxygens (including phenoxy) is 1. The Balaban J connectivity index is 1.61. The van der Waals surface area contributed by atoms with E-state index < -0.39 is 0 Å². The van der Waals surface area contributed by atoms with Gasteiger partial charge in [-0.25, -0.2) is 4.79 Å². The molecule has 1 aliphatic heterocycles. The maximum absolute atomic E-state index is 12.4. The maximum atomic E-state index is 12.4. The molecule has 5 nitrogen and oxygen atoms in total. The molecule has 26 heavy (non-hydrogen) atoms. The number of aromatic nitrogens is 1. The highest BCUT2D eigenvalue weighted by Gasteiger charge is 2.28. The second-order valence-electron chi connectivity index (χ2n) is 6.86. The van der Waals surface area contributed by atoms with Crippen molar-refractivity contribution >= 4 is 22.6 Å². The average molecular weight is 369 g/mol. The number of fused-ring (bicyclic) bond motifs is 5. The normalized spacial score (nSPS) is 16.3. The van der Waals surface area contributed by atoms with E-state index in [0.29, 0.717) is 29.6 Å². The molecule has 0 bridgehead atoms. The Bertz CT molecular complexity index is 1060. The lowest BCUT2D eigenvalue weighted by atomic mass is 10.0. The minimum atomic E-state index is -0.222. The van der Waals surface area contributed by atoms with Gasteiger partial charge in [0.05, 0.1) is 10.6 Å². The van der Waals surface area contributed by atoms with Crippen LogP contribution in [0.1, 0.15) is 28.7 Å². The molecule has 0 amide bonds. The summed E-state index contributed by atoms with van der Waals surface area (Å²) in [7, 11) is 0. The van der Waals surface area contributed by atoms with Crippen LogP contribution in [0.3, 0.4) is 0 Å². The summed E-state index contributed by atoms with van der Waals surface area (Å²) < 4.78 is 11.6. The number of hydrogen-bond acceptors (Lipinski definition) is 5. The lowest BCUT2D eigenvalue weighted by molar-refractivity contribution is 0.0890. The van der Waals surface area contributed by atoms with Crippen molar-refractivity contribution in [3.63, 3.8) is 0 Å². The molecule has 3 aromatic rings. The van der Waals surface area contributed by atoms with Crippen molar-refractivity contribution in [1.82, 2.24) is 9.88 Å². The predicted octanol–water partition coefficient (Wildman–Crippen LogP) is 3.68. The highest BCUT2D eigenvalue weighted by Crippen LogP contribution is 2.41. The molecule has 6 heteroatoms. The number of hydrogen-bond donors (Lipinski definition) is 0. The van der Waals surface area contributed by atoms with Crippen molar-refractivity contribution in [2.75, 3.05) is 6.73 Å². The Morgan fingerprint density at radius 1 is 1.15 bits per heavy atom. The molecule has 1 aliphatic carbocycles. The first-order valence-electron chi connectivity index (χ1n) is 8.74. The standard InChI is InChI=1S/C20H17ClN2O3/c21-17-8-15-13-2-1-3-14(13)20(24)26-18(15)16-10-23(11-25-19(16)17)9-12-4-6-22-7-5-12/h4-8H,1-3,9-11H2. The molecule has 2 aromatic heterocycles. The molecule has 132 valence electrons. The second-order valence-corrected chi connectivity index (χ2v) is 7.27. The third-order valence-corrected chi connectivity index (χ3v) is 5.47. The maximum Gasteiger partial charge on any atom is 0.339 e. The van der Waals surface area contributed by atoms with Gasteiger partial charge < -0.3 is 9.15 Å². The van der Waals surface area contributed by atoms with Crippen LogP contribution in [0.4, 0.5) is 0 Å².